The maximum Gasteiger partial charge on any atom is 0.0556 e. The summed E-state index contributed by atoms with van der Waals surface area (Å²) in [5.41, 5.74) is -0.0347. The van der Waals surface area contributed by atoms with Gasteiger partial charge in [-0.3, -0.25) is 0 Å². The van der Waals surface area contributed by atoms with E-state index in [1.165, 1.54) is 12.8 Å². The van der Waals surface area contributed by atoms with Gasteiger partial charge in [0, 0.05) is 5.41 Å². The van der Waals surface area contributed by atoms with E-state index in [0.29, 0.717) is 0 Å². The summed E-state index contributed by atoms with van der Waals surface area (Å²) < 4.78 is 0. The smallest absolute Gasteiger partial charge is 0.0556 e. The van der Waals surface area contributed by atoms with Gasteiger partial charge in [0.2, 0.25) is 0 Å². The first kappa shape index (κ1) is 8.54. The average Bonchev–Trinajstić information content (AvgIpc) is 2.07. The molecule has 1 N–H and O–H groups in total. The fraction of sp³-hybridized carbons (Fsp3) is 0.600. The van der Waals surface area contributed by atoms with E-state index >= 15 is 0 Å². The second kappa shape index (κ2) is 3.72. The number of aliphatic hydroxyl groups excluding tert-OH is 1. The third-order valence-electron chi connectivity index (χ3n) is 2.26. The van der Waals surface area contributed by atoms with E-state index in [1.54, 1.807) is 0 Å². The predicted octanol–water partition coefficient (Wildman–Crippen LogP) is 2.28. The number of aliphatic hydroxyl groups is 1. The van der Waals surface area contributed by atoms with Gasteiger partial charge in [-0.2, -0.15) is 0 Å². The van der Waals surface area contributed by atoms with Crippen LogP contribution in [0.2, 0.25) is 0 Å². The summed E-state index contributed by atoms with van der Waals surface area (Å²) in [5, 5.41) is 9.17. The molecule has 0 radical (unpaired) electrons. The van der Waals surface area contributed by atoms with Crippen LogP contribution in [0.1, 0.15) is 26.2 Å². The molecule has 1 heteroatoms. The third kappa shape index (κ3) is 1.93. The van der Waals surface area contributed by atoms with Gasteiger partial charge in [-0.25, -0.2) is 0 Å². The summed E-state index contributed by atoms with van der Waals surface area (Å²) in [6.07, 6.45) is 11.9. The highest BCUT2D eigenvalue weighted by Crippen LogP contribution is 2.31. The maximum absolute atomic E-state index is 9.17. The molecule has 0 aromatic carbocycles. The van der Waals surface area contributed by atoms with Crippen molar-refractivity contribution in [2.45, 2.75) is 26.2 Å². The van der Waals surface area contributed by atoms with Crippen LogP contribution in [-0.4, -0.2) is 11.7 Å². The fourth-order valence-corrected chi connectivity index (χ4v) is 1.61. The Morgan fingerprint density at radius 3 is 2.91 bits per heavy atom. The lowest BCUT2D eigenvalue weighted by molar-refractivity contribution is 0.191. The Bertz CT molecular complexity index is 170. The van der Waals surface area contributed by atoms with Crippen molar-refractivity contribution in [3.8, 4) is 0 Å². The normalized spacial score (nSPS) is 31.5. The molecule has 0 amide bonds. The number of rotatable bonds is 2. The first-order chi connectivity index (χ1) is 5.33. The maximum atomic E-state index is 9.17. The molecular formula is C10H16O. The summed E-state index contributed by atoms with van der Waals surface area (Å²) in [7, 11) is 0. The predicted molar refractivity (Wildman–Crippen MR) is 47.3 cm³/mol. The lowest BCUT2D eigenvalue weighted by atomic mass is 9.79. The van der Waals surface area contributed by atoms with Crippen molar-refractivity contribution in [3.05, 3.63) is 24.3 Å². The van der Waals surface area contributed by atoms with Crippen molar-refractivity contribution in [2.24, 2.45) is 5.41 Å². The minimum Gasteiger partial charge on any atom is -0.395 e. The molecule has 0 aromatic heterocycles. The standard InChI is InChI=1S/C10H16O/c1-2-6-10(9-11)7-4-3-5-8-10/h2,4,6-7,11H,3,5,8-9H2,1H3/b6-2+/t10-/m0/s1. The van der Waals surface area contributed by atoms with Crippen LogP contribution in [0, 0.1) is 5.41 Å². The fourth-order valence-electron chi connectivity index (χ4n) is 1.61. The van der Waals surface area contributed by atoms with Crippen LogP contribution in [0.3, 0.4) is 0 Å². The summed E-state index contributed by atoms with van der Waals surface area (Å²) in [6, 6.07) is 0. The minimum atomic E-state index is -0.0347. The van der Waals surface area contributed by atoms with Gasteiger partial charge >= 0.3 is 0 Å². The monoisotopic (exact) mass is 152 g/mol. The second-order valence-corrected chi connectivity index (χ2v) is 3.19. The van der Waals surface area contributed by atoms with E-state index in [9.17, 15) is 5.11 Å². The van der Waals surface area contributed by atoms with Crippen LogP contribution in [-0.2, 0) is 0 Å². The van der Waals surface area contributed by atoms with Gasteiger partial charge in [0.05, 0.1) is 6.61 Å². The Kier molecular flexibility index (Phi) is 2.89. The van der Waals surface area contributed by atoms with E-state index in [4.69, 9.17) is 0 Å². The molecule has 0 spiro atoms. The molecule has 11 heavy (non-hydrogen) atoms. The molecule has 0 aliphatic heterocycles. The highest BCUT2D eigenvalue weighted by atomic mass is 16.3. The van der Waals surface area contributed by atoms with Crippen LogP contribution in [0.25, 0.3) is 0 Å². The molecule has 1 atom stereocenters. The minimum absolute atomic E-state index is 0.0347. The van der Waals surface area contributed by atoms with E-state index < -0.39 is 0 Å². The molecule has 62 valence electrons. The molecule has 0 unspecified atom stereocenters. The molecule has 0 bridgehead atoms. The molecule has 1 aliphatic rings. The van der Waals surface area contributed by atoms with Gasteiger partial charge in [0.1, 0.15) is 0 Å². The van der Waals surface area contributed by atoms with Gasteiger partial charge in [-0.05, 0) is 26.2 Å². The molecule has 0 fully saturated rings. The lowest BCUT2D eigenvalue weighted by Gasteiger charge is -2.27. The zero-order chi connectivity index (χ0) is 8.16. The summed E-state index contributed by atoms with van der Waals surface area (Å²) in [6.45, 7) is 2.24. The van der Waals surface area contributed by atoms with Gasteiger partial charge in [0.25, 0.3) is 0 Å². The van der Waals surface area contributed by atoms with E-state index in [-0.39, 0.29) is 12.0 Å². The van der Waals surface area contributed by atoms with Gasteiger partial charge in [0.15, 0.2) is 0 Å². The molecular weight excluding hydrogens is 136 g/mol. The van der Waals surface area contributed by atoms with Crippen molar-refractivity contribution in [1.82, 2.24) is 0 Å². The Morgan fingerprint density at radius 2 is 2.45 bits per heavy atom. The number of allylic oxidation sites excluding steroid dienone is 2. The quantitative estimate of drug-likeness (QED) is 0.602. The molecule has 0 heterocycles. The molecule has 1 aliphatic carbocycles. The van der Waals surface area contributed by atoms with Gasteiger partial charge in [-0.1, -0.05) is 24.3 Å². The van der Waals surface area contributed by atoms with Crippen molar-refractivity contribution >= 4 is 0 Å². The number of hydrogen-bond donors (Lipinski definition) is 1. The number of hydrogen-bond acceptors (Lipinski definition) is 1. The molecule has 1 rings (SSSR count). The first-order valence-corrected chi connectivity index (χ1v) is 4.25. The van der Waals surface area contributed by atoms with Crippen LogP contribution >= 0.6 is 0 Å². The SMILES string of the molecule is C/C=C/[C@]1(CO)C=CCCC1. The van der Waals surface area contributed by atoms with E-state index in [1.807, 2.05) is 13.0 Å². The Labute approximate surface area is 68.4 Å². The van der Waals surface area contributed by atoms with Crippen LogP contribution in [0.5, 0.6) is 0 Å². The zero-order valence-electron chi connectivity index (χ0n) is 7.09. The van der Waals surface area contributed by atoms with Crippen molar-refractivity contribution in [3.63, 3.8) is 0 Å². The highest BCUT2D eigenvalue weighted by Gasteiger charge is 2.23. The highest BCUT2D eigenvalue weighted by molar-refractivity contribution is 5.13. The topological polar surface area (TPSA) is 20.2 Å². The van der Waals surface area contributed by atoms with Crippen molar-refractivity contribution < 1.29 is 5.11 Å². The molecule has 0 aromatic rings. The second-order valence-electron chi connectivity index (χ2n) is 3.19. The van der Waals surface area contributed by atoms with Crippen LogP contribution in [0.4, 0.5) is 0 Å². The Hall–Kier alpha value is -0.560. The van der Waals surface area contributed by atoms with Crippen molar-refractivity contribution in [2.75, 3.05) is 6.61 Å². The van der Waals surface area contributed by atoms with Crippen molar-refractivity contribution in [1.29, 1.82) is 0 Å². The van der Waals surface area contributed by atoms with Gasteiger partial charge in [-0.15, -0.1) is 0 Å². The molecule has 0 saturated heterocycles. The van der Waals surface area contributed by atoms with Gasteiger partial charge < -0.3 is 5.11 Å². The lowest BCUT2D eigenvalue weighted by Crippen LogP contribution is -2.21. The molecule has 1 nitrogen and oxygen atoms in total. The third-order valence-corrected chi connectivity index (χ3v) is 2.26. The van der Waals surface area contributed by atoms with E-state index in [0.717, 1.165) is 6.42 Å². The first-order valence-electron chi connectivity index (χ1n) is 4.25. The van der Waals surface area contributed by atoms with Crippen LogP contribution in [0.15, 0.2) is 24.3 Å². The summed E-state index contributed by atoms with van der Waals surface area (Å²) >= 11 is 0. The zero-order valence-corrected chi connectivity index (χ0v) is 7.09. The molecule has 0 saturated carbocycles. The average molecular weight is 152 g/mol. The Balaban J connectivity index is 2.72. The largest absolute Gasteiger partial charge is 0.395 e. The summed E-state index contributed by atoms with van der Waals surface area (Å²) in [5.74, 6) is 0. The van der Waals surface area contributed by atoms with E-state index in [2.05, 4.69) is 18.2 Å². The summed E-state index contributed by atoms with van der Waals surface area (Å²) in [4.78, 5) is 0. The Morgan fingerprint density at radius 1 is 1.64 bits per heavy atom. The van der Waals surface area contributed by atoms with Crippen LogP contribution < -0.4 is 0 Å².